The highest BCUT2D eigenvalue weighted by Crippen LogP contribution is 2.27. The van der Waals surface area contributed by atoms with E-state index in [2.05, 4.69) is 5.43 Å². The smallest absolute Gasteiger partial charge is 0.311 e. The SMILES string of the molecule is COc1ccc(C(=O)NN2C[C@@H](C(=O)OCC(=O)c3ccc(F)cc3)CC2=O)cc1OC. The van der Waals surface area contributed by atoms with Gasteiger partial charge in [0.15, 0.2) is 23.9 Å². The summed E-state index contributed by atoms with van der Waals surface area (Å²) in [6, 6.07) is 9.35. The molecule has 1 atom stereocenters. The second-order valence-electron chi connectivity index (χ2n) is 6.95. The molecule has 0 aromatic heterocycles. The summed E-state index contributed by atoms with van der Waals surface area (Å²) in [5, 5.41) is 1.03. The van der Waals surface area contributed by atoms with Crippen molar-refractivity contribution in [1.29, 1.82) is 0 Å². The fourth-order valence-corrected chi connectivity index (χ4v) is 3.11. The normalized spacial score (nSPS) is 15.3. The van der Waals surface area contributed by atoms with Crippen LogP contribution in [0.25, 0.3) is 0 Å². The molecule has 3 rings (SSSR count). The van der Waals surface area contributed by atoms with E-state index in [1.54, 1.807) is 6.07 Å². The summed E-state index contributed by atoms with van der Waals surface area (Å²) < 4.78 is 28.2. The highest BCUT2D eigenvalue weighted by Gasteiger charge is 2.36. The van der Waals surface area contributed by atoms with E-state index in [1.807, 2.05) is 0 Å². The topological polar surface area (TPSA) is 111 Å². The van der Waals surface area contributed by atoms with Crippen molar-refractivity contribution in [2.75, 3.05) is 27.4 Å². The van der Waals surface area contributed by atoms with E-state index in [1.165, 1.54) is 38.5 Å². The highest BCUT2D eigenvalue weighted by atomic mass is 19.1. The summed E-state index contributed by atoms with van der Waals surface area (Å²) in [6.07, 6.45) is -0.171. The molecule has 2 aromatic rings. The van der Waals surface area contributed by atoms with Crippen molar-refractivity contribution in [2.24, 2.45) is 5.92 Å². The van der Waals surface area contributed by atoms with E-state index in [9.17, 15) is 23.6 Å². The lowest BCUT2D eigenvalue weighted by Crippen LogP contribution is -2.43. The number of carbonyl (C=O) groups is 4. The predicted molar refractivity (Wildman–Crippen MR) is 109 cm³/mol. The van der Waals surface area contributed by atoms with Crippen LogP contribution in [0.1, 0.15) is 27.1 Å². The fourth-order valence-electron chi connectivity index (χ4n) is 3.11. The summed E-state index contributed by atoms with van der Waals surface area (Å²) in [5.41, 5.74) is 2.88. The summed E-state index contributed by atoms with van der Waals surface area (Å²) in [4.78, 5) is 49.1. The highest BCUT2D eigenvalue weighted by molar-refractivity contribution is 5.99. The molecule has 0 aliphatic carbocycles. The number of methoxy groups -OCH3 is 2. The number of amides is 2. The Morgan fingerprint density at radius 2 is 1.69 bits per heavy atom. The molecule has 1 N–H and O–H groups in total. The molecule has 168 valence electrons. The van der Waals surface area contributed by atoms with Crippen molar-refractivity contribution in [3.8, 4) is 11.5 Å². The number of hydrogen-bond acceptors (Lipinski definition) is 7. The van der Waals surface area contributed by atoms with Crippen LogP contribution in [0.15, 0.2) is 42.5 Å². The molecular formula is C22H21FN2O7. The number of carbonyl (C=O) groups excluding carboxylic acids is 4. The molecule has 9 nitrogen and oxygen atoms in total. The van der Waals surface area contributed by atoms with Crippen molar-refractivity contribution < 1.29 is 37.8 Å². The van der Waals surface area contributed by atoms with Crippen LogP contribution in [0, 0.1) is 11.7 Å². The zero-order valence-electron chi connectivity index (χ0n) is 17.4. The first-order valence-electron chi connectivity index (χ1n) is 9.61. The second-order valence-corrected chi connectivity index (χ2v) is 6.95. The van der Waals surface area contributed by atoms with Crippen molar-refractivity contribution in [2.45, 2.75) is 6.42 Å². The van der Waals surface area contributed by atoms with Gasteiger partial charge in [0.05, 0.1) is 26.7 Å². The van der Waals surface area contributed by atoms with Gasteiger partial charge < -0.3 is 14.2 Å². The Balaban J connectivity index is 1.55. The fraction of sp³-hybridized carbons (Fsp3) is 0.273. The molecule has 0 saturated carbocycles. The van der Waals surface area contributed by atoms with Crippen molar-refractivity contribution in [1.82, 2.24) is 10.4 Å². The Hall–Kier alpha value is -3.95. The third-order valence-electron chi connectivity index (χ3n) is 4.85. The standard InChI is InChI=1S/C22H21FN2O7/c1-30-18-8-5-14(9-19(18)31-2)21(28)24-25-11-15(10-20(25)27)22(29)32-12-17(26)13-3-6-16(23)7-4-13/h3-9,15H,10-12H2,1-2H3,(H,24,28)/t15-/m0/s1. The van der Waals surface area contributed by atoms with Crippen LogP contribution in [0.4, 0.5) is 4.39 Å². The average molecular weight is 444 g/mol. The van der Waals surface area contributed by atoms with Gasteiger partial charge in [0.2, 0.25) is 5.91 Å². The van der Waals surface area contributed by atoms with Gasteiger partial charge in [-0.3, -0.25) is 29.6 Å². The number of Topliss-reactive ketones (excluding diaryl/α,β-unsaturated/α-hetero) is 1. The number of hydrazine groups is 1. The van der Waals surface area contributed by atoms with Crippen molar-refractivity contribution in [3.05, 3.63) is 59.4 Å². The van der Waals surface area contributed by atoms with Crippen LogP contribution in [-0.2, 0) is 14.3 Å². The summed E-state index contributed by atoms with van der Waals surface area (Å²) in [5.74, 6) is -2.81. The maximum atomic E-state index is 12.9. The van der Waals surface area contributed by atoms with Crippen molar-refractivity contribution in [3.63, 3.8) is 0 Å². The Kier molecular flexibility index (Phi) is 7.04. The number of esters is 1. The van der Waals surface area contributed by atoms with E-state index in [0.717, 1.165) is 17.1 Å². The largest absolute Gasteiger partial charge is 0.493 e. The van der Waals surface area contributed by atoms with Gasteiger partial charge in [-0.25, -0.2) is 4.39 Å². The number of ketones is 1. The first kappa shape index (κ1) is 22.7. The molecule has 2 aromatic carbocycles. The van der Waals surface area contributed by atoms with E-state index in [0.29, 0.717) is 11.5 Å². The molecule has 0 radical (unpaired) electrons. The Labute approximate surface area is 183 Å². The Bertz CT molecular complexity index is 1040. The van der Waals surface area contributed by atoms with E-state index >= 15 is 0 Å². The molecule has 0 unspecified atom stereocenters. The second kappa shape index (κ2) is 9.90. The van der Waals surface area contributed by atoms with Gasteiger partial charge in [-0.2, -0.15) is 0 Å². The molecule has 10 heteroatoms. The van der Waals surface area contributed by atoms with Gasteiger partial charge >= 0.3 is 5.97 Å². The van der Waals surface area contributed by atoms with Gasteiger partial charge in [0, 0.05) is 17.5 Å². The van der Waals surface area contributed by atoms with Crippen LogP contribution in [0.3, 0.4) is 0 Å². The predicted octanol–water partition coefficient (Wildman–Crippen LogP) is 1.76. The maximum Gasteiger partial charge on any atom is 0.311 e. The molecule has 0 bridgehead atoms. The maximum absolute atomic E-state index is 12.9. The van der Waals surface area contributed by atoms with Crippen LogP contribution in [0.5, 0.6) is 11.5 Å². The quantitative estimate of drug-likeness (QED) is 0.488. The minimum atomic E-state index is -0.839. The first-order valence-corrected chi connectivity index (χ1v) is 9.61. The summed E-state index contributed by atoms with van der Waals surface area (Å²) >= 11 is 0. The number of benzene rings is 2. The molecule has 32 heavy (non-hydrogen) atoms. The lowest BCUT2D eigenvalue weighted by Gasteiger charge is -2.18. The molecule has 0 spiro atoms. The van der Waals surface area contributed by atoms with E-state index < -0.39 is 41.9 Å². The van der Waals surface area contributed by atoms with Gasteiger partial charge in [-0.05, 0) is 42.5 Å². The van der Waals surface area contributed by atoms with E-state index in [4.69, 9.17) is 14.2 Å². The molecule has 1 aliphatic rings. The third-order valence-corrected chi connectivity index (χ3v) is 4.85. The Morgan fingerprint density at radius 3 is 2.34 bits per heavy atom. The van der Waals surface area contributed by atoms with Gasteiger partial charge in [0.1, 0.15) is 5.82 Å². The zero-order chi connectivity index (χ0) is 23.3. The molecule has 1 fully saturated rings. The number of nitrogens with one attached hydrogen (secondary N) is 1. The molecule has 2 amide bonds. The van der Waals surface area contributed by atoms with Crippen LogP contribution < -0.4 is 14.9 Å². The van der Waals surface area contributed by atoms with Gasteiger partial charge in [0.25, 0.3) is 5.91 Å². The number of nitrogens with zero attached hydrogens (tertiary/aromatic N) is 1. The minimum Gasteiger partial charge on any atom is -0.493 e. The van der Waals surface area contributed by atoms with Crippen LogP contribution in [0.2, 0.25) is 0 Å². The Morgan fingerprint density at radius 1 is 1.03 bits per heavy atom. The number of rotatable bonds is 8. The van der Waals surface area contributed by atoms with Crippen LogP contribution in [-0.4, -0.2) is 55.9 Å². The minimum absolute atomic E-state index is 0.0958. The van der Waals surface area contributed by atoms with Gasteiger partial charge in [-0.1, -0.05) is 0 Å². The summed E-state index contributed by atoms with van der Waals surface area (Å²) in [6.45, 7) is -0.630. The lowest BCUT2D eigenvalue weighted by atomic mass is 10.1. The average Bonchev–Trinajstić information content (AvgIpc) is 3.17. The lowest BCUT2D eigenvalue weighted by molar-refractivity contribution is -0.147. The molecule has 1 saturated heterocycles. The molecular weight excluding hydrogens is 423 g/mol. The van der Waals surface area contributed by atoms with Crippen molar-refractivity contribution >= 4 is 23.6 Å². The first-order chi connectivity index (χ1) is 15.3. The summed E-state index contributed by atoms with van der Waals surface area (Å²) in [7, 11) is 2.90. The van der Waals surface area contributed by atoms with Gasteiger partial charge in [-0.15, -0.1) is 0 Å². The number of hydrogen-bond donors (Lipinski definition) is 1. The monoisotopic (exact) mass is 444 g/mol. The number of ether oxygens (including phenoxy) is 3. The van der Waals surface area contributed by atoms with Crippen LogP contribution >= 0.6 is 0 Å². The molecule has 1 aliphatic heterocycles. The zero-order valence-corrected chi connectivity index (χ0v) is 17.4. The number of halogens is 1. The molecule has 1 heterocycles. The van der Waals surface area contributed by atoms with E-state index in [-0.39, 0.29) is 24.1 Å². The third kappa shape index (κ3) is 5.20.